The van der Waals surface area contributed by atoms with Gasteiger partial charge in [-0.2, -0.15) is 0 Å². The van der Waals surface area contributed by atoms with Crippen LogP contribution in [-0.4, -0.2) is 284 Å². The molecule has 2 aliphatic rings. The van der Waals surface area contributed by atoms with Crippen LogP contribution in [0.15, 0.2) is 67.1 Å². The fourth-order valence-electron chi connectivity index (χ4n) is 13.6. The molecule has 2 aromatic carbocycles. The number of primary amides is 1. The molecule has 0 spiro atoms. The maximum absolute atomic E-state index is 15.5. The van der Waals surface area contributed by atoms with Crippen molar-refractivity contribution < 1.29 is 96.8 Å². The highest BCUT2D eigenvalue weighted by molar-refractivity contribution is 8.76. The number of aliphatic carboxylic acids is 1. The van der Waals surface area contributed by atoms with E-state index < -0.39 is 253 Å². The average Bonchev–Trinajstić information content (AvgIpc) is 0.979. The predicted molar refractivity (Wildman–Crippen MR) is 482 cm³/mol. The Hall–Kier alpha value is -13.1. The third-order valence-corrected chi connectivity index (χ3v) is 23.5. The SMILES string of the molecule is CCCCCCC(=O)NC1CSSCC(C(=O)NC(Cc2ccc(O)cc2)C(=O)N2CC(C(N)=O)NC(=O)C2CCCNC(=N)N)NC(=O)C(CO)NC(=O)C(C(C)CC)NC(=O)C(CCCNC(=N)N)NC(=O)C(CC(=O)O)NC(=O)C(CCCC)NC(=O)C(CCCNC(=N)N)NC(=O)CNC(=O)C(C)NC(=O)C(Cc2ccccc2)NC(=O)C(Cc2c[nH]cn2)NC1=O. The van der Waals surface area contributed by atoms with Gasteiger partial charge in [0, 0.05) is 63.0 Å². The Morgan fingerprint density at radius 2 is 1.07 bits per heavy atom. The summed E-state index contributed by atoms with van der Waals surface area (Å²) < 4.78 is 0. The Balaban J connectivity index is 1.70. The van der Waals surface area contributed by atoms with Crippen molar-refractivity contribution >= 4 is 140 Å². The molecule has 2 fully saturated rings. The van der Waals surface area contributed by atoms with Crippen LogP contribution in [-0.2, 0) is 101 Å². The molecule has 0 saturated carbocycles. The van der Waals surface area contributed by atoms with Crippen molar-refractivity contribution in [3.8, 4) is 5.75 Å². The number of H-pyrrole nitrogens is 1. The summed E-state index contributed by atoms with van der Waals surface area (Å²) in [4.78, 5) is 253. The van der Waals surface area contributed by atoms with Crippen molar-refractivity contribution in [3.05, 3.63) is 83.9 Å². The van der Waals surface area contributed by atoms with Crippen LogP contribution >= 0.6 is 21.6 Å². The number of hydrogen-bond acceptors (Lipinski definition) is 25. The summed E-state index contributed by atoms with van der Waals surface area (Å²) in [6.07, 6.45) is 3.11. The number of aromatic nitrogens is 2. The molecule has 32 N–H and O–H groups in total. The van der Waals surface area contributed by atoms with Gasteiger partial charge in [-0.05, 0) is 87.5 Å². The first-order valence-corrected chi connectivity index (χ1v) is 45.7. The highest BCUT2D eigenvalue weighted by Crippen LogP contribution is 2.26. The van der Waals surface area contributed by atoms with E-state index in [9.17, 15) is 72.9 Å². The Labute approximate surface area is 765 Å². The van der Waals surface area contributed by atoms with Gasteiger partial charge in [0.25, 0.3) is 0 Å². The molecule has 722 valence electrons. The molecule has 15 atom stereocenters. The van der Waals surface area contributed by atoms with E-state index in [4.69, 9.17) is 39.2 Å². The molecular weight excluding hydrogens is 1750 g/mol. The topological polar surface area (TPSA) is 763 Å². The summed E-state index contributed by atoms with van der Waals surface area (Å²) in [5.74, 6) is -21.4. The van der Waals surface area contributed by atoms with Gasteiger partial charge >= 0.3 is 5.97 Å². The molecule has 2 saturated heterocycles. The first-order chi connectivity index (χ1) is 62.3. The number of guanidine groups is 3. The van der Waals surface area contributed by atoms with Gasteiger partial charge in [0.1, 0.15) is 90.3 Å². The van der Waals surface area contributed by atoms with Crippen LogP contribution < -0.4 is 113 Å². The third-order valence-electron chi connectivity index (χ3n) is 21.1. The van der Waals surface area contributed by atoms with Crippen LogP contribution in [0, 0.1) is 22.1 Å². The number of hydrogen-bond donors (Lipinski definition) is 28. The fourth-order valence-corrected chi connectivity index (χ4v) is 16.0. The summed E-state index contributed by atoms with van der Waals surface area (Å²) in [5, 5.41) is 98.1. The Bertz CT molecular complexity index is 4390. The molecule has 0 radical (unpaired) electrons. The number of unbranched alkanes of at least 4 members (excludes halogenated alkanes) is 4. The minimum absolute atomic E-state index is 0.00879. The van der Waals surface area contributed by atoms with E-state index in [0.29, 0.717) is 30.4 Å². The molecule has 3 aromatic rings. The minimum Gasteiger partial charge on any atom is -0.508 e. The quantitative estimate of drug-likeness (QED) is 0.0112. The smallest absolute Gasteiger partial charge is 0.305 e. The summed E-state index contributed by atoms with van der Waals surface area (Å²) in [6.45, 7) is 5.43. The maximum Gasteiger partial charge on any atom is 0.305 e. The van der Waals surface area contributed by atoms with E-state index in [0.717, 1.165) is 39.3 Å². The number of benzene rings is 2. The molecule has 1 aromatic heterocycles. The summed E-state index contributed by atoms with van der Waals surface area (Å²) >= 11 is 0. The standard InChI is InChI=1S/C82H127N27O20S2/c1-6-9-11-15-25-62(112)98-59-41-130-131-42-60(76(126)104-56(34-47-26-28-49(111)29-27-47)79(129)109-39-57(66(83)116)105-77(127)61(109)24-18-32-93-82(88)89)107-74(124)58(40-110)106-78(128)65(44(4)8-3)108-70(120)52(23-17-31-92-81(86)87)100-73(123)55(36-64(114)115)103-69(119)51(21-10-7-2)99-68(118)50(22-16-30-91-80(84)85)97-63(113)38-94-67(117)45(5)96-71(121)53(33-46-19-13-12-14-20-46)101-72(122)54(102-75(59)125)35-48-37-90-43-95-48/h12-14,19-20,26-29,37,43-45,50-61,65,110-111H,6-11,15-18,21-25,30-36,38-42H2,1-5H3,(H2,83,116)(H,90,95)(H,94,117)(H,96,121)(H,97,113)(H,98,112)(H,99,118)(H,100,123)(H,101,122)(H,102,125)(H,103,119)(H,104,126)(H,105,127)(H,106,128)(H,107,124)(H,108,120)(H,114,115)(H4,84,85,91)(H4,86,87,92)(H4,88,89,93). The molecule has 16 amide bonds. The largest absolute Gasteiger partial charge is 0.508 e. The van der Waals surface area contributed by atoms with E-state index in [-0.39, 0.29) is 108 Å². The Morgan fingerprint density at radius 3 is 1.64 bits per heavy atom. The lowest BCUT2D eigenvalue weighted by Gasteiger charge is -2.40. The van der Waals surface area contributed by atoms with Crippen LogP contribution in [0.4, 0.5) is 0 Å². The minimum atomic E-state index is -2.03. The number of phenolic OH excluding ortho intramolecular Hbond substituents is 1. The second kappa shape index (κ2) is 57.1. The summed E-state index contributed by atoms with van der Waals surface area (Å²) in [7, 11) is 1.64. The van der Waals surface area contributed by atoms with Gasteiger partial charge in [-0.15, -0.1) is 0 Å². The van der Waals surface area contributed by atoms with E-state index >= 15 is 24.0 Å². The average molecular weight is 1880 g/mol. The number of carboxylic acid groups (broad SMARTS) is 1. The molecule has 131 heavy (non-hydrogen) atoms. The van der Waals surface area contributed by atoms with Crippen LogP contribution in [0.25, 0.3) is 0 Å². The number of aliphatic hydroxyl groups excluding tert-OH is 1. The number of phenols is 1. The van der Waals surface area contributed by atoms with Crippen molar-refractivity contribution in [2.45, 2.75) is 241 Å². The number of imidazole rings is 1. The molecule has 47 nitrogen and oxygen atoms in total. The lowest BCUT2D eigenvalue weighted by atomic mass is 9.97. The zero-order valence-corrected chi connectivity index (χ0v) is 75.5. The number of nitrogens with one attached hydrogen (secondary N) is 21. The lowest BCUT2D eigenvalue weighted by molar-refractivity contribution is -0.149. The van der Waals surface area contributed by atoms with Crippen molar-refractivity contribution in [2.75, 3.05) is 50.8 Å². The van der Waals surface area contributed by atoms with Crippen molar-refractivity contribution in [1.82, 2.24) is 105 Å². The number of carboxylic acids is 1. The summed E-state index contributed by atoms with van der Waals surface area (Å²) in [5.41, 5.74) is 23.3. The number of nitrogens with zero attached hydrogens (tertiary/aromatic N) is 2. The number of carbonyl (C=O) groups excluding carboxylic acids is 16. The van der Waals surface area contributed by atoms with Gasteiger partial charge in [-0.25, -0.2) is 4.98 Å². The Kier molecular flexibility index (Phi) is 47.2. The number of nitrogens with two attached hydrogens (primary N) is 4. The summed E-state index contributed by atoms with van der Waals surface area (Å²) in [6, 6.07) is -9.45. The first kappa shape index (κ1) is 108. The van der Waals surface area contributed by atoms with Gasteiger partial charge in [0.15, 0.2) is 17.9 Å². The van der Waals surface area contributed by atoms with Crippen LogP contribution in [0.2, 0.25) is 0 Å². The number of rotatable bonds is 36. The zero-order valence-electron chi connectivity index (χ0n) is 73.9. The molecule has 0 bridgehead atoms. The molecule has 49 heteroatoms. The van der Waals surface area contributed by atoms with Gasteiger partial charge in [0.05, 0.1) is 38.1 Å². The van der Waals surface area contributed by atoms with Crippen molar-refractivity contribution in [1.29, 1.82) is 16.2 Å². The lowest BCUT2D eigenvalue weighted by Crippen LogP contribution is -2.67. The number of aliphatic hydroxyl groups is 1. The molecule has 5 rings (SSSR count). The number of carbonyl (C=O) groups is 17. The highest BCUT2D eigenvalue weighted by atomic mass is 33.1. The molecule has 15 unspecified atom stereocenters. The zero-order chi connectivity index (χ0) is 96.8. The van der Waals surface area contributed by atoms with E-state index in [1.807, 2.05) is 6.92 Å². The third kappa shape index (κ3) is 39.0. The predicted octanol–water partition coefficient (Wildman–Crippen LogP) is -5.86. The molecule has 3 heterocycles. The maximum atomic E-state index is 15.5. The van der Waals surface area contributed by atoms with Crippen LogP contribution in [0.3, 0.4) is 0 Å². The monoisotopic (exact) mass is 1870 g/mol. The fraction of sp³-hybridized carbons (Fsp3) is 0.573. The second-order valence-corrected chi connectivity index (χ2v) is 34.1. The normalized spacial score (nSPS) is 23.1. The molecule has 2 aliphatic heterocycles. The Morgan fingerprint density at radius 1 is 0.550 bits per heavy atom. The van der Waals surface area contributed by atoms with Gasteiger partial charge in [-0.3, -0.25) is 97.7 Å². The molecular formula is C82H127N27O20S2. The number of aromatic hydroxyl groups is 1. The number of piperazine rings is 1. The van der Waals surface area contributed by atoms with E-state index in [2.05, 4.69) is 100 Å². The number of amides is 16. The van der Waals surface area contributed by atoms with Crippen molar-refractivity contribution in [3.63, 3.8) is 0 Å². The van der Waals surface area contributed by atoms with Gasteiger partial charge in [0.2, 0.25) is 94.5 Å². The highest BCUT2D eigenvalue weighted by Gasteiger charge is 2.44. The van der Waals surface area contributed by atoms with Crippen LogP contribution in [0.5, 0.6) is 5.75 Å². The first-order valence-electron chi connectivity index (χ1n) is 43.3. The van der Waals surface area contributed by atoms with Crippen LogP contribution in [0.1, 0.15) is 154 Å². The van der Waals surface area contributed by atoms with Gasteiger partial charge < -0.3 is 139 Å². The van der Waals surface area contributed by atoms with Gasteiger partial charge in [-0.1, -0.05) is 130 Å². The molecule has 0 aliphatic carbocycles. The van der Waals surface area contributed by atoms with Crippen molar-refractivity contribution in [2.24, 2.45) is 28.9 Å². The van der Waals surface area contributed by atoms with E-state index in [1.54, 1.807) is 44.2 Å². The number of aromatic amines is 1. The van der Waals surface area contributed by atoms with E-state index in [1.165, 1.54) is 50.6 Å². The second-order valence-electron chi connectivity index (χ2n) is 31.6.